The van der Waals surface area contributed by atoms with Gasteiger partial charge in [0.2, 0.25) is 5.89 Å². The number of rotatable bonds is 2. The van der Waals surface area contributed by atoms with E-state index < -0.39 is 0 Å². The molecule has 21 heavy (non-hydrogen) atoms. The highest BCUT2D eigenvalue weighted by Crippen LogP contribution is 2.28. The quantitative estimate of drug-likeness (QED) is 0.781. The smallest absolute Gasteiger partial charge is 0.266 e. The fraction of sp³-hybridized carbons (Fsp3) is 0.312. The van der Waals surface area contributed by atoms with E-state index in [-0.39, 0.29) is 6.04 Å². The summed E-state index contributed by atoms with van der Waals surface area (Å²) in [5, 5.41) is 14.0. The number of hydrogen-bond acceptors (Lipinski definition) is 5. The largest absolute Gasteiger partial charge is 0.418 e. The number of fused-ring (bicyclic) bond motifs is 1. The Morgan fingerprint density at radius 3 is 2.95 bits per heavy atom. The summed E-state index contributed by atoms with van der Waals surface area (Å²) in [4.78, 5) is 4.42. The normalized spacial score (nSPS) is 19.0. The van der Waals surface area contributed by atoms with Crippen LogP contribution in [0.2, 0.25) is 0 Å². The van der Waals surface area contributed by atoms with Crippen molar-refractivity contribution in [2.24, 2.45) is 0 Å². The lowest BCUT2D eigenvalue weighted by Gasteiger charge is -2.19. The van der Waals surface area contributed by atoms with Crippen LogP contribution in [0.4, 0.5) is 0 Å². The van der Waals surface area contributed by atoms with Gasteiger partial charge in [0.25, 0.3) is 5.89 Å². The molecular weight excluding hydrogens is 264 g/mol. The second-order valence-electron chi connectivity index (χ2n) is 5.33. The molecule has 3 heterocycles. The summed E-state index contributed by atoms with van der Waals surface area (Å²) in [5.41, 5.74) is 0.752. The minimum atomic E-state index is 0.176. The van der Waals surface area contributed by atoms with Gasteiger partial charge in [-0.2, -0.15) is 0 Å². The van der Waals surface area contributed by atoms with Crippen LogP contribution in [0.3, 0.4) is 0 Å². The van der Waals surface area contributed by atoms with Gasteiger partial charge in [0.15, 0.2) is 0 Å². The van der Waals surface area contributed by atoms with Crippen LogP contribution in [-0.4, -0.2) is 21.7 Å². The lowest BCUT2D eigenvalue weighted by molar-refractivity contribution is 0.341. The van der Waals surface area contributed by atoms with Crippen LogP contribution in [0.1, 0.15) is 31.2 Å². The lowest BCUT2D eigenvalue weighted by atomic mass is 10.1. The summed E-state index contributed by atoms with van der Waals surface area (Å²) in [6, 6.07) is 10.2. The molecular formula is C16H16N4O. The fourth-order valence-corrected chi connectivity index (χ4v) is 2.82. The first-order valence-corrected chi connectivity index (χ1v) is 7.33. The molecule has 1 aliphatic heterocycles. The molecule has 3 aromatic rings. The van der Waals surface area contributed by atoms with Crippen LogP contribution in [0.5, 0.6) is 0 Å². The van der Waals surface area contributed by atoms with E-state index in [4.69, 9.17) is 4.42 Å². The molecule has 5 heteroatoms. The molecule has 2 aromatic heterocycles. The third-order valence-electron chi connectivity index (χ3n) is 3.93. The zero-order chi connectivity index (χ0) is 14.1. The first-order chi connectivity index (χ1) is 10.4. The van der Waals surface area contributed by atoms with Crippen molar-refractivity contribution in [3.63, 3.8) is 0 Å². The minimum absolute atomic E-state index is 0.176. The summed E-state index contributed by atoms with van der Waals surface area (Å²) in [7, 11) is 0. The average Bonchev–Trinajstić information content (AvgIpc) is 3.05. The highest BCUT2D eigenvalue weighted by atomic mass is 16.4. The van der Waals surface area contributed by atoms with Crippen LogP contribution in [0, 0.1) is 0 Å². The Morgan fingerprint density at radius 1 is 1.10 bits per heavy atom. The molecule has 1 aromatic carbocycles. The van der Waals surface area contributed by atoms with Crippen LogP contribution < -0.4 is 5.32 Å². The number of nitrogens with zero attached hydrogens (tertiary/aromatic N) is 3. The van der Waals surface area contributed by atoms with Gasteiger partial charge in [-0.05, 0) is 30.8 Å². The molecule has 4 rings (SSSR count). The van der Waals surface area contributed by atoms with Gasteiger partial charge in [0.1, 0.15) is 5.69 Å². The highest BCUT2D eigenvalue weighted by molar-refractivity contribution is 5.92. The maximum Gasteiger partial charge on any atom is 0.266 e. The van der Waals surface area contributed by atoms with Crippen LogP contribution in [0.15, 0.2) is 40.9 Å². The van der Waals surface area contributed by atoms with Crippen LogP contribution in [-0.2, 0) is 0 Å². The van der Waals surface area contributed by atoms with Gasteiger partial charge in [-0.25, -0.2) is 0 Å². The van der Waals surface area contributed by atoms with E-state index in [1.165, 1.54) is 12.8 Å². The van der Waals surface area contributed by atoms with E-state index in [0.717, 1.165) is 29.4 Å². The Morgan fingerprint density at radius 2 is 2.05 bits per heavy atom. The highest BCUT2D eigenvalue weighted by Gasteiger charge is 2.22. The molecule has 1 N–H and O–H groups in total. The number of benzene rings is 1. The van der Waals surface area contributed by atoms with Gasteiger partial charge in [-0.3, -0.25) is 4.98 Å². The molecule has 1 aliphatic rings. The Bertz CT molecular complexity index is 756. The molecule has 1 saturated heterocycles. The predicted octanol–water partition coefficient (Wildman–Crippen LogP) is 3.10. The standard InChI is InChI=1S/C16H16N4O/c1-2-6-12-11(5-1)8-10-18-14(12)16-20-19-15(21-16)13-7-3-4-9-17-13/h1-2,5-6,8,10,13,17H,3-4,7,9H2. The van der Waals surface area contributed by atoms with Crippen molar-refractivity contribution in [3.05, 3.63) is 42.4 Å². The first-order valence-electron chi connectivity index (χ1n) is 7.33. The maximum atomic E-state index is 5.87. The SMILES string of the molecule is c1ccc2c(-c3nnc(C4CCCCN4)o3)nccc2c1. The van der Waals surface area contributed by atoms with Crippen molar-refractivity contribution in [2.75, 3.05) is 6.54 Å². The Kier molecular flexibility index (Phi) is 3.12. The Hall–Kier alpha value is -2.27. The molecule has 5 nitrogen and oxygen atoms in total. The molecule has 1 fully saturated rings. The van der Waals surface area contributed by atoms with E-state index >= 15 is 0 Å². The van der Waals surface area contributed by atoms with E-state index in [0.29, 0.717) is 11.8 Å². The van der Waals surface area contributed by atoms with Crippen molar-refractivity contribution < 1.29 is 4.42 Å². The molecule has 1 unspecified atom stereocenters. The molecule has 1 atom stereocenters. The Labute approximate surface area is 122 Å². The molecule has 0 aliphatic carbocycles. The number of aromatic nitrogens is 3. The van der Waals surface area contributed by atoms with E-state index in [2.05, 4.69) is 26.6 Å². The van der Waals surface area contributed by atoms with Crippen molar-refractivity contribution in [1.82, 2.24) is 20.5 Å². The third-order valence-corrected chi connectivity index (χ3v) is 3.93. The van der Waals surface area contributed by atoms with Gasteiger partial charge >= 0.3 is 0 Å². The van der Waals surface area contributed by atoms with E-state index in [9.17, 15) is 0 Å². The third kappa shape index (κ3) is 2.29. The first kappa shape index (κ1) is 12.5. The van der Waals surface area contributed by atoms with Gasteiger partial charge in [0, 0.05) is 11.6 Å². The summed E-state index contributed by atoms with van der Waals surface area (Å²) in [6.45, 7) is 1.01. The van der Waals surface area contributed by atoms with Crippen LogP contribution >= 0.6 is 0 Å². The molecule has 106 valence electrons. The van der Waals surface area contributed by atoms with Crippen molar-refractivity contribution in [2.45, 2.75) is 25.3 Å². The maximum absolute atomic E-state index is 5.87. The van der Waals surface area contributed by atoms with Crippen LogP contribution in [0.25, 0.3) is 22.4 Å². The summed E-state index contributed by atoms with van der Waals surface area (Å²) in [6.07, 6.45) is 5.23. The fourth-order valence-electron chi connectivity index (χ4n) is 2.82. The Balaban J connectivity index is 1.74. The summed E-state index contributed by atoms with van der Waals surface area (Å²) in [5.74, 6) is 1.16. The molecule has 0 spiro atoms. The number of pyridine rings is 1. The molecule has 0 bridgehead atoms. The number of nitrogens with one attached hydrogen (secondary N) is 1. The zero-order valence-corrected chi connectivity index (χ0v) is 11.6. The monoisotopic (exact) mass is 280 g/mol. The summed E-state index contributed by atoms with van der Waals surface area (Å²) < 4.78 is 5.87. The second kappa shape index (κ2) is 5.26. The number of hydrogen-bond donors (Lipinski definition) is 1. The van der Waals surface area contributed by atoms with E-state index in [1.807, 2.05) is 24.3 Å². The number of piperidine rings is 1. The second-order valence-corrected chi connectivity index (χ2v) is 5.33. The molecule has 0 amide bonds. The predicted molar refractivity (Wildman–Crippen MR) is 79.6 cm³/mol. The average molecular weight is 280 g/mol. The zero-order valence-electron chi connectivity index (χ0n) is 11.6. The lowest BCUT2D eigenvalue weighted by Crippen LogP contribution is -2.26. The molecule has 0 saturated carbocycles. The van der Waals surface area contributed by atoms with E-state index in [1.54, 1.807) is 6.20 Å². The van der Waals surface area contributed by atoms with Gasteiger partial charge in [-0.15, -0.1) is 10.2 Å². The topological polar surface area (TPSA) is 63.8 Å². The van der Waals surface area contributed by atoms with Crippen molar-refractivity contribution in [1.29, 1.82) is 0 Å². The summed E-state index contributed by atoms with van der Waals surface area (Å²) >= 11 is 0. The minimum Gasteiger partial charge on any atom is -0.418 e. The van der Waals surface area contributed by atoms with Gasteiger partial charge < -0.3 is 9.73 Å². The van der Waals surface area contributed by atoms with Gasteiger partial charge in [-0.1, -0.05) is 30.7 Å². The van der Waals surface area contributed by atoms with Gasteiger partial charge in [0.05, 0.1) is 6.04 Å². The molecule has 0 radical (unpaired) electrons. The van der Waals surface area contributed by atoms with Crippen molar-refractivity contribution >= 4 is 10.8 Å². The van der Waals surface area contributed by atoms with Crippen molar-refractivity contribution in [3.8, 4) is 11.6 Å².